The van der Waals surface area contributed by atoms with E-state index in [9.17, 15) is 19.1 Å². The number of carbonyl (C=O) groups is 2. The Morgan fingerprint density at radius 2 is 1.94 bits per heavy atom. The van der Waals surface area contributed by atoms with Crippen LogP contribution in [0.1, 0.15) is 34.1 Å². The number of carbonyl (C=O) groups excluding carboxylic acids is 1. The zero-order valence-corrected chi connectivity index (χ0v) is 17.6. The fraction of sp³-hybridized carbons (Fsp3) is 0.174. The Balaban J connectivity index is 1.98. The number of rotatable bonds is 7. The Bertz CT molecular complexity index is 1140. The fourth-order valence-corrected chi connectivity index (χ4v) is 3.42. The Kier molecular flexibility index (Phi) is 6.87. The minimum atomic E-state index is -1.10. The number of hydrogen-bond donors (Lipinski definition) is 2. The molecule has 2 N–H and O–H groups in total. The van der Waals surface area contributed by atoms with Crippen LogP contribution in [0.4, 0.5) is 4.39 Å². The first-order valence-electron chi connectivity index (χ1n) is 9.38. The number of aryl methyl sites for hydroxylation is 1. The second kappa shape index (κ2) is 9.57. The number of amides is 1. The number of methoxy groups -OCH3 is 1. The summed E-state index contributed by atoms with van der Waals surface area (Å²) >= 11 is 6.19. The number of pyridine rings is 1. The van der Waals surface area contributed by atoms with Gasteiger partial charge in [0.1, 0.15) is 23.0 Å². The monoisotopic (exact) mass is 442 g/mol. The molecule has 3 aromatic rings. The maximum Gasteiger partial charge on any atom is 0.305 e. The number of ether oxygens (including phenoxy) is 1. The average molecular weight is 443 g/mol. The molecule has 0 fully saturated rings. The number of halogens is 2. The van der Waals surface area contributed by atoms with Crippen LogP contribution < -0.4 is 10.1 Å². The molecule has 0 spiro atoms. The van der Waals surface area contributed by atoms with Crippen LogP contribution in [-0.4, -0.2) is 29.1 Å². The third kappa shape index (κ3) is 5.19. The van der Waals surface area contributed by atoms with E-state index in [4.69, 9.17) is 16.3 Å². The number of aromatic nitrogens is 1. The van der Waals surface area contributed by atoms with E-state index in [1.54, 1.807) is 36.4 Å². The van der Waals surface area contributed by atoms with Gasteiger partial charge in [-0.3, -0.25) is 9.59 Å². The lowest BCUT2D eigenvalue weighted by atomic mass is 10.0. The van der Waals surface area contributed by atoms with Crippen molar-refractivity contribution in [1.29, 1.82) is 0 Å². The van der Waals surface area contributed by atoms with Crippen LogP contribution in [0, 0.1) is 12.7 Å². The molecule has 1 atom stereocenters. The van der Waals surface area contributed by atoms with Crippen LogP contribution in [-0.2, 0) is 4.79 Å². The molecular formula is C23H20ClFN2O4. The molecule has 0 bridgehead atoms. The topological polar surface area (TPSA) is 88.5 Å². The van der Waals surface area contributed by atoms with Gasteiger partial charge in [-0.1, -0.05) is 41.4 Å². The summed E-state index contributed by atoms with van der Waals surface area (Å²) in [5.41, 5.74) is 1.64. The smallest absolute Gasteiger partial charge is 0.305 e. The highest BCUT2D eigenvalue weighted by Gasteiger charge is 2.23. The number of benzene rings is 2. The molecule has 0 aliphatic heterocycles. The number of nitrogens with zero attached hydrogens (tertiary/aromatic N) is 1. The maximum atomic E-state index is 14.4. The summed E-state index contributed by atoms with van der Waals surface area (Å²) in [5.74, 6) is -1.93. The molecule has 31 heavy (non-hydrogen) atoms. The lowest BCUT2D eigenvalue weighted by Gasteiger charge is -2.19. The first-order chi connectivity index (χ1) is 14.8. The van der Waals surface area contributed by atoms with E-state index in [1.165, 1.54) is 25.3 Å². The zero-order chi connectivity index (χ0) is 22.5. The highest BCUT2D eigenvalue weighted by Crippen LogP contribution is 2.31. The molecule has 6 nitrogen and oxygen atoms in total. The van der Waals surface area contributed by atoms with Gasteiger partial charge in [0.05, 0.1) is 19.6 Å². The summed E-state index contributed by atoms with van der Waals surface area (Å²) in [6.07, 6.45) is -0.370. The van der Waals surface area contributed by atoms with Crippen molar-refractivity contribution in [3.63, 3.8) is 0 Å². The summed E-state index contributed by atoms with van der Waals surface area (Å²) in [5, 5.41) is 12.3. The quantitative estimate of drug-likeness (QED) is 0.548. The molecule has 0 aliphatic rings. The Labute approximate surface area is 183 Å². The molecule has 8 heteroatoms. The van der Waals surface area contributed by atoms with Gasteiger partial charge in [0.15, 0.2) is 0 Å². The standard InChI is InChI=1S/C23H20ClFN2O4/c1-13-7-8-17(25)15(11-13)22-20(31-2)10-9-18(26-22)23(30)27-19(12-21(28)29)14-5-3-4-6-16(14)24/h3-11,19H,12H2,1-2H3,(H,27,30)(H,28,29). The summed E-state index contributed by atoms with van der Waals surface area (Å²) in [6.45, 7) is 1.81. The highest BCUT2D eigenvalue weighted by molar-refractivity contribution is 6.31. The molecule has 2 aromatic carbocycles. The first-order valence-corrected chi connectivity index (χ1v) is 9.76. The Morgan fingerprint density at radius 3 is 2.61 bits per heavy atom. The van der Waals surface area contributed by atoms with Gasteiger partial charge >= 0.3 is 5.97 Å². The van der Waals surface area contributed by atoms with Crippen LogP contribution in [0.15, 0.2) is 54.6 Å². The van der Waals surface area contributed by atoms with E-state index in [-0.39, 0.29) is 23.4 Å². The number of carboxylic acid groups (broad SMARTS) is 1. The normalized spacial score (nSPS) is 11.6. The summed E-state index contributed by atoms with van der Waals surface area (Å²) < 4.78 is 19.7. The zero-order valence-electron chi connectivity index (χ0n) is 16.9. The lowest BCUT2D eigenvalue weighted by molar-refractivity contribution is -0.137. The van der Waals surface area contributed by atoms with Crippen molar-refractivity contribution in [1.82, 2.24) is 10.3 Å². The van der Waals surface area contributed by atoms with Crippen LogP contribution in [0.5, 0.6) is 5.75 Å². The van der Waals surface area contributed by atoms with Crippen molar-refractivity contribution >= 4 is 23.5 Å². The van der Waals surface area contributed by atoms with Gasteiger partial charge in [-0.2, -0.15) is 0 Å². The molecule has 0 radical (unpaired) electrons. The van der Waals surface area contributed by atoms with E-state index in [0.717, 1.165) is 5.56 Å². The van der Waals surface area contributed by atoms with Crippen molar-refractivity contribution in [3.05, 3.63) is 82.3 Å². The third-order valence-electron chi connectivity index (χ3n) is 4.65. The lowest BCUT2D eigenvalue weighted by Crippen LogP contribution is -2.31. The van der Waals surface area contributed by atoms with E-state index < -0.39 is 23.7 Å². The van der Waals surface area contributed by atoms with E-state index in [1.807, 2.05) is 6.92 Å². The van der Waals surface area contributed by atoms with Gasteiger partial charge in [-0.05, 0) is 42.8 Å². The van der Waals surface area contributed by atoms with Gasteiger partial charge in [0.25, 0.3) is 5.91 Å². The predicted molar refractivity (Wildman–Crippen MR) is 115 cm³/mol. The van der Waals surface area contributed by atoms with Crippen LogP contribution in [0.2, 0.25) is 5.02 Å². The number of carboxylic acids is 1. The van der Waals surface area contributed by atoms with Gasteiger partial charge in [-0.15, -0.1) is 0 Å². The van der Waals surface area contributed by atoms with Gasteiger partial charge in [-0.25, -0.2) is 9.37 Å². The van der Waals surface area contributed by atoms with E-state index >= 15 is 0 Å². The second-order valence-electron chi connectivity index (χ2n) is 6.88. The van der Waals surface area contributed by atoms with Crippen molar-refractivity contribution < 1.29 is 23.8 Å². The SMILES string of the molecule is COc1ccc(C(=O)NC(CC(=O)O)c2ccccc2Cl)nc1-c1cc(C)ccc1F. The molecule has 3 rings (SSSR count). The molecule has 1 aromatic heterocycles. The summed E-state index contributed by atoms with van der Waals surface area (Å²) in [7, 11) is 1.42. The van der Waals surface area contributed by atoms with E-state index in [2.05, 4.69) is 10.3 Å². The van der Waals surface area contributed by atoms with E-state index in [0.29, 0.717) is 16.3 Å². The van der Waals surface area contributed by atoms with Crippen LogP contribution in [0.3, 0.4) is 0 Å². The number of aliphatic carboxylic acids is 1. The summed E-state index contributed by atoms with van der Waals surface area (Å²) in [4.78, 5) is 28.6. The highest BCUT2D eigenvalue weighted by atomic mass is 35.5. The minimum absolute atomic E-state index is 0.0147. The molecular weight excluding hydrogens is 423 g/mol. The molecule has 1 amide bonds. The molecule has 160 valence electrons. The van der Waals surface area contributed by atoms with Crippen molar-refractivity contribution in [2.45, 2.75) is 19.4 Å². The summed E-state index contributed by atoms with van der Waals surface area (Å²) in [6, 6.07) is 13.3. The van der Waals surface area contributed by atoms with Gasteiger partial charge < -0.3 is 15.2 Å². The molecule has 0 saturated carbocycles. The van der Waals surface area contributed by atoms with Gasteiger partial charge in [0, 0.05) is 10.6 Å². The van der Waals surface area contributed by atoms with Gasteiger partial charge in [0.2, 0.25) is 0 Å². The third-order valence-corrected chi connectivity index (χ3v) is 5.00. The van der Waals surface area contributed by atoms with Crippen molar-refractivity contribution in [3.8, 4) is 17.0 Å². The molecule has 0 saturated heterocycles. The van der Waals surface area contributed by atoms with Crippen molar-refractivity contribution in [2.24, 2.45) is 0 Å². The second-order valence-corrected chi connectivity index (χ2v) is 7.28. The molecule has 0 aliphatic carbocycles. The number of hydrogen-bond acceptors (Lipinski definition) is 4. The number of nitrogens with one attached hydrogen (secondary N) is 1. The first kappa shape index (κ1) is 22.2. The average Bonchev–Trinajstić information content (AvgIpc) is 2.74. The van der Waals surface area contributed by atoms with Crippen LogP contribution in [0.25, 0.3) is 11.3 Å². The van der Waals surface area contributed by atoms with Crippen molar-refractivity contribution in [2.75, 3.05) is 7.11 Å². The molecule has 1 heterocycles. The Morgan fingerprint density at radius 1 is 1.19 bits per heavy atom. The minimum Gasteiger partial charge on any atom is -0.494 e. The van der Waals surface area contributed by atoms with Crippen LogP contribution >= 0.6 is 11.6 Å². The fourth-order valence-electron chi connectivity index (χ4n) is 3.15. The maximum absolute atomic E-state index is 14.4. The largest absolute Gasteiger partial charge is 0.494 e. The predicted octanol–water partition coefficient (Wildman–Crippen LogP) is 4.80. The Hall–Kier alpha value is -3.45. The molecule has 1 unspecified atom stereocenters.